The molecule has 0 atom stereocenters. The molecule has 4 nitrogen and oxygen atoms in total. The number of benzene rings is 1. The molecule has 0 spiro atoms. The van der Waals surface area contributed by atoms with Gasteiger partial charge in [0.1, 0.15) is 0 Å². The van der Waals surface area contributed by atoms with Gasteiger partial charge in [0.25, 0.3) is 5.91 Å². The van der Waals surface area contributed by atoms with Gasteiger partial charge >= 0.3 is 0 Å². The lowest BCUT2D eigenvalue weighted by Gasteiger charge is -2.35. The highest BCUT2D eigenvalue weighted by Gasteiger charge is 2.16. The summed E-state index contributed by atoms with van der Waals surface area (Å²) >= 11 is 1.52. The lowest BCUT2D eigenvalue weighted by Crippen LogP contribution is -2.44. The number of hydrogen-bond acceptors (Lipinski definition) is 4. The number of rotatable bonds is 3. The van der Waals surface area contributed by atoms with Gasteiger partial charge in [-0.25, -0.2) is 0 Å². The molecule has 0 radical (unpaired) electrons. The van der Waals surface area contributed by atoms with E-state index < -0.39 is 0 Å². The Kier molecular flexibility index (Phi) is 4.68. The van der Waals surface area contributed by atoms with Gasteiger partial charge in [-0.15, -0.1) is 11.3 Å². The Morgan fingerprint density at radius 2 is 1.83 bits per heavy atom. The topological polar surface area (TPSA) is 35.6 Å². The molecule has 1 aromatic heterocycles. The minimum absolute atomic E-state index is 0.0325. The first kappa shape index (κ1) is 16.0. The van der Waals surface area contributed by atoms with Crippen molar-refractivity contribution >= 4 is 28.6 Å². The summed E-state index contributed by atoms with van der Waals surface area (Å²) in [6, 6.07) is 10.0. The van der Waals surface area contributed by atoms with Crippen molar-refractivity contribution < 1.29 is 4.79 Å². The SMILES string of the molecule is Cc1ccc(C(=O)Nc2ccc(N3CCN(C)CC3)c(C)c2)s1. The standard InChI is InChI=1S/C18H23N3OS/c1-13-12-15(19-18(22)17-7-4-14(2)23-17)5-6-16(13)21-10-8-20(3)9-11-21/h4-7,12H,8-11H2,1-3H3,(H,19,22). The number of likely N-dealkylation sites (N-methyl/N-ethyl adjacent to an activating group) is 1. The first-order chi connectivity index (χ1) is 11.0. The minimum Gasteiger partial charge on any atom is -0.369 e. The maximum atomic E-state index is 12.2. The Hall–Kier alpha value is -1.85. The third-order valence-corrected chi connectivity index (χ3v) is 5.26. The van der Waals surface area contributed by atoms with Crippen molar-refractivity contribution in [2.24, 2.45) is 0 Å². The zero-order valence-electron chi connectivity index (χ0n) is 13.9. The normalized spacial score (nSPS) is 15.7. The fourth-order valence-electron chi connectivity index (χ4n) is 2.88. The summed E-state index contributed by atoms with van der Waals surface area (Å²) in [4.78, 5) is 18.9. The number of carbonyl (C=O) groups excluding carboxylic acids is 1. The zero-order chi connectivity index (χ0) is 16.4. The molecule has 5 heteroatoms. The first-order valence-electron chi connectivity index (χ1n) is 7.95. The Bertz CT molecular complexity index is 702. The van der Waals surface area contributed by atoms with Crippen LogP contribution in [0.2, 0.25) is 0 Å². The van der Waals surface area contributed by atoms with Gasteiger partial charge in [0.2, 0.25) is 0 Å². The average molecular weight is 329 g/mol. The van der Waals surface area contributed by atoms with Crippen molar-refractivity contribution in [2.75, 3.05) is 43.4 Å². The molecule has 1 aliphatic heterocycles. The molecule has 122 valence electrons. The molecule has 1 amide bonds. The number of hydrogen-bond donors (Lipinski definition) is 1. The highest BCUT2D eigenvalue weighted by atomic mass is 32.1. The molecule has 1 N–H and O–H groups in total. The number of anilines is 2. The lowest BCUT2D eigenvalue weighted by molar-refractivity contribution is 0.103. The number of aryl methyl sites for hydroxylation is 2. The molecule has 23 heavy (non-hydrogen) atoms. The van der Waals surface area contributed by atoms with Gasteiger partial charge < -0.3 is 15.1 Å². The number of nitrogens with zero attached hydrogens (tertiary/aromatic N) is 2. The highest BCUT2D eigenvalue weighted by Crippen LogP contribution is 2.25. The van der Waals surface area contributed by atoms with Crippen molar-refractivity contribution in [3.05, 3.63) is 45.6 Å². The Balaban J connectivity index is 1.70. The van der Waals surface area contributed by atoms with Crippen LogP contribution in [0.4, 0.5) is 11.4 Å². The smallest absolute Gasteiger partial charge is 0.265 e. The van der Waals surface area contributed by atoms with Gasteiger partial charge in [-0.3, -0.25) is 4.79 Å². The highest BCUT2D eigenvalue weighted by molar-refractivity contribution is 7.14. The van der Waals surface area contributed by atoms with Crippen LogP contribution in [0.1, 0.15) is 20.1 Å². The van der Waals surface area contributed by atoms with Gasteiger partial charge in [0.15, 0.2) is 0 Å². The second kappa shape index (κ2) is 6.72. The van der Waals surface area contributed by atoms with Crippen molar-refractivity contribution in [3.63, 3.8) is 0 Å². The van der Waals surface area contributed by atoms with Crippen LogP contribution < -0.4 is 10.2 Å². The summed E-state index contributed by atoms with van der Waals surface area (Å²) < 4.78 is 0. The quantitative estimate of drug-likeness (QED) is 0.938. The summed E-state index contributed by atoms with van der Waals surface area (Å²) in [5, 5.41) is 2.99. The van der Waals surface area contributed by atoms with Crippen molar-refractivity contribution in [1.82, 2.24) is 4.90 Å². The second-order valence-corrected chi connectivity index (χ2v) is 7.44. The summed E-state index contributed by atoms with van der Waals surface area (Å²) in [6.45, 7) is 8.41. The predicted molar refractivity (Wildman–Crippen MR) is 97.9 cm³/mol. The number of amides is 1. The van der Waals surface area contributed by atoms with Gasteiger partial charge in [-0.1, -0.05) is 0 Å². The summed E-state index contributed by atoms with van der Waals surface area (Å²) in [5.74, 6) is -0.0325. The van der Waals surface area contributed by atoms with E-state index in [2.05, 4.69) is 41.2 Å². The van der Waals surface area contributed by atoms with Gasteiger partial charge in [-0.2, -0.15) is 0 Å². The van der Waals surface area contributed by atoms with E-state index in [9.17, 15) is 4.79 Å². The number of carbonyl (C=O) groups is 1. The zero-order valence-corrected chi connectivity index (χ0v) is 14.7. The molecular formula is C18H23N3OS. The van der Waals surface area contributed by atoms with Crippen molar-refractivity contribution in [2.45, 2.75) is 13.8 Å². The van der Waals surface area contributed by atoms with Crippen LogP contribution >= 0.6 is 11.3 Å². The summed E-state index contributed by atoms with van der Waals surface area (Å²) in [7, 11) is 2.16. The number of nitrogens with one attached hydrogen (secondary N) is 1. The van der Waals surface area contributed by atoms with Crippen LogP contribution in [0.25, 0.3) is 0 Å². The molecule has 0 unspecified atom stereocenters. The molecule has 0 aliphatic carbocycles. The van der Waals surface area contributed by atoms with E-state index in [1.165, 1.54) is 22.6 Å². The maximum absolute atomic E-state index is 12.2. The Morgan fingerprint density at radius 1 is 1.09 bits per heavy atom. The Labute approximate surface area is 141 Å². The van der Waals surface area contributed by atoms with Crippen LogP contribution in [-0.4, -0.2) is 44.0 Å². The van der Waals surface area contributed by atoms with Crippen LogP contribution in [0.3, 0.4) is 0 Å². The Morgan fingerprint density at radius 3 is 2.43 bits per heavy atom. The molecule has 1 aliphatic rings. The van der Waals surface area contributed by atoms with Gasteiger partial charge in [0, 0.05) is 42.4 Å². The number of piperazine rings is 1. The van der Waals surface area contributed by atoms with E-state index in [1.807, 2.05) is 25.1 Å². The molecule has 2 heterocycles. The van der Waals surface area contributed by atoms with E-state index >= 15 is 0 Å². The molecule has 0 bridgehead atoms. The van der Waals surface area contributed by atoms with Crippen LogP contribution in [0.15, 0.2) is 30.3 Å². The maximum Gasteiger partial charge on any atom is 0.265 e. The van der Waals surface area contributed by atoms with Crippen LogP contribution in [-0.2, 0) is 0 Å². The summed E-state index contributed by atoms with van der Waals surface area (Å²) in [6.07, 6.45) is 0. The minimum atomic E-state index is -0.0325. The first-order valence-corrected chi connectivity index (χ1v) is 8.76. The van der Waals surface area contributed by atoms with Crippen molar-refractivity contribution in [1.29, 1.82) is 0 Å². The van der Waals surface area contributed by atoms with Crippen molar-refractivity contribution in [3.8, 4) is 0 Å². The van der Waals surface area contributed by atoms with E-state index in [4.69, 9.17) is 0 Å². The summed E-state index contributed by atoms with van der Waals surface area (Å²) in [5.41, 5.74) is 3.33. The van der Waals surface area contributed by atoms with E-state index in [0.29, 0.717) is 0 Å². The van der Waals surface area contributed by atoms with E-state index in [0.717, 1.165) is 41.6 Å². The molecule has 1 fully saturated rings. The van der Waals surface area contributed by atoms with Crippen LogP contribution in [0, 0.1) is 13.8 Å². The third kappa shape index (κ3) is 3.74. The van der Waals surface area contributed by atoms with Gasteiger partial charge in [0.05, 0.1) is 4.88 Å². The molecule has 0 saturated carbocycles. The average Bonchev–Trinajstić information content (AvgIpc) is 2.95. The monoisotopic (exact) mass is 329 g/mol. The predicted octanol–water partition coefficient (Wildman–Crippen LogP) is 3.37. The largest absolute Gasteiger partial charge is 0.369 e. The van der Waals surface area contributed by atoms with E-state index in [-0.39, 0.29) is 5.91 Å². The molecule has 2 aromatic rings. The third-order valence-electron chi connectivity index (χ3n) is 4.26. The van der Waals surface area contributed by atoms with E-state index in [1.54, 1.807) is 0 Å². The van der Waals surface area contributed by atoms with Gasteiger partial charge in [-0.05, 0) is 56.8 Å². The lowest BCUT2D eigenvalue weighted by atomic mass is 10.1. The molecular weight excluding hydrogens is 306 g/mol. The molecule has 1 aromatic carbocycles. The van der Waals surface area contributed by atoms with Crippen LogP contribution in [0.5, 0.6) is 0 Å². The fourth-order valence-corrected chi connectivity index (χ4v) is 3.65. The number of thiophene rings is 1. The molecule has 3 rings (SSSR count). The molecule has 1 saturated heterocycles. The second-order valence-electron chi connectivity index (χ2n) is 6.16. The fraction of sp³-hybridized carbons (Fsp3) is 0.389.